The summed E-state index contributed by atoms with van der Waals surface area (Å²) in [6, 6.07) is 11.4. The Kier molecular flexibility index (Phi) is 6.42. The van der Waals surface area contributed by atoms with Crippen molar-refractivity contribution in [2.45, 2.75) is 19.2 Å². The molecule has 0 aliphatic heterocycles. The van der Waals surface area contributed by atoms with Gasteiger partial charge in [0, 0.05) is 16.0 Å². The van der Waals surface area contributed by atoms with Crippen molar-refractivity contribution in [2.75, 3.05) is 5.32 Å². The number of hydrogen-bond acceptors (Lipinski definition) is 5. The third kappa shape index (κ3) is 5.17. The van der Waals surface area contributed by atoms with Gasteiger partial charge in [-0.1, -0.05) is 35.9 Å². The second-order valence-corrected chi connectivity index (χ2v) is 7.42. The number of thiazole rings is 1. The summed E-state index contributed by atoms with van der Waals surface area (Å²) in [5.74, 6) is -1.77. The second-order valence-electron chi connectivity index (χ2n) is 6.13. The van der Waals surface area contributed by atoms with Gasteiger partial charge in [0.15, 0.2) is 11.8 Å². The van der Waals surface area contributed by atoms with E-state index in [2.05, 4.69) is 10.3 Å². The van der Waals surface area contributed by atoms with E-state index in [0.29, 0.717) is 15.6 Å². The summed E-state index contributed by atoms with van der Waals surface area (Å²) in [6.45, 7) is 1.26. The van der Waals surface area contributed by atoms with Crippen LogP contribution in [0.2, 0.25) is 5.02 Å². The largest absolute Gasteiger partial charge is 0.448 e. The zero-order valence-electron chi connectivity index (χ0n) is 15.4. The molecule has 1 amide bonds. The van der Waals surface area contributed by atoms with Crippen LogP contribution >= 0.6 is 22.9 Å². The van der Waals surface area contributed by atoms with Crippen LogP contribution < -0.4 is 5.32 Å². The molecular formula is C20H14ClF3N2O3S. The number of nitrogens with zero attached hydrogens (tertiary/aromatic N) is 1. The molecule has 0 aliphatic rings. The number of halogens is 4. The molecule has 0 aliphatic carbocycles. The number of aromatic nitrogens is 1. The lowest BCUT2D eigenvalue weighted by molar-refractivity contribution is -0.137. The van der Waals surface area contributed by atoms with Crippen LogP contribution in [0.5, 0.6) is 0 Å². The Balaban J connectivity index is 1.67. The number of esters is 1. The predicted molar refractivity (Wildman–Crippen MR) is 108 cm³/mol. The summed E-state index contributed by atoms with van der Waals surface area (Å²) in [4.78, 5) is 28.7. The Labute approximate surface area is 178 Å². The van der Waals surface area contributed by atoms with E-state index in [1.54, 1.807) is 24.3 Å². The molecule has 30 heavy (non-hydrogen) atoms. The maximum absolute atomic E-state index is 13.0. The van der Waals surface area contributed by atoms with Crippen LogP contribution in [0.3, 0.4) is 0 Å². The summed E-state index contributed by atoms with van der Waals surface area (Å²) in [6.07, 6.45) is -5.98. The van der Waals surface area contributed by atoms with Crippen molar-refractivity contribution >= 4 is 40.5 Å². The minimum Gasteiger partial charge on any atom is -0.448 e. The van der Waals surface area contributed by atoms with Crippen LogP contribution in [0.4, 0.5) is 18.9 Å². The highest BCUT2D eigenvalue weighted by Gasteiger charge is 2.34. The first kappa shape index (κ1) is 21.8. The Hall–Kier alpha value is -2.91. The van der Waals surface area contributed by atoms with Crippen molar-refractivity contribution < 1.29 is 27.5 Å². The third-order valence-electron chi connectivity index (χ3n) is 3.93. The molecule has 1 aromatic heterocycles. The second kappa shape index (κ2) is 8.85. The van der Waals surface area contributed by atoms with Gasteiger partial charge < -0.3 is 10.1 Å². The van der Waals surface area contributed by atoms with Crippen molar-refractivity contribution in [1.29, 1.82) is 0 Å². The Morgan fingerprint density at radius 1 is 1.17 bits per heavy atom. The number of carbonyl (C=O) groups is 2. The van der Waals surface area contributed by atoms with Crippen LogP contribution in [0.15, 0.2) is 53.9 Å². The van der Waals surface area contributed by atoms with Crippen molar-refractivity contribution in [3.8, 4) is 10.6 Å². The van der Waals surface area contributed by atoms with Gasteiger partial charge >= 0.3 is 12.1 Å². The summed E-state index contributed by atoms with van der Waals surface area (Å²) < 4.78 is 44.2. The van der Waals surface area contributed by atoms with Crippen molar-refractivity contribution in [3.63, 3.8) is 0 Å². The highest BCUT2D eigenvalue weighted by Crippen LogP contribution is 2.34. The molecule has 0 spiro atoms. The molecular weight excluding hydrogens is 441 g/mol. The standard InChI is InChI=1S/C20H14ClF3N2O3S/c1-11(17(27)25-15-8-3-2-7-14(15)20(22,23)24)29-19(28)16-10-30-18(26-16)12-5-4-6-13(21)9-12/h2-11H,1H3,(H,25,27). The maximum Gasteiger partial charge on any atom is 0.418 e. The monoisotopic (exact) mass is 454 g/mol. The lowest BCUT2D eigenvalue weighted by atomic mass is 10.1. The lowest BCUT2D eigenvalue weighted by Gasteiger charge is -2.16. The van der Waals surface area contributed by atoms with E-state index in [9.17, 15) is 22.8 Å². The van der Waals surface area contributed by atoms with Crippen LogP contribution in [0, 0.1) is 0 Å². The molecule has 2 aromatic carbocycles. The predicted octanol–water partition coefficient (Wildman–Crippen LogP) is 5.67. The summed E-state index contributed by atoms with van der Waals surface area (Å²) in [7, 11) is 0. The Bertz CT molecular complexity index is 1080. The Morgan fingerprint density at radius 2 is 1.90 bits per heavy atom. The van der Waals surface area contributed by atoms with Gasteiger partial charge in [-0.05, 0) is 31.2 Å². The zero-order chi connectivity index (χ0) is 21.9. The number of anilines is 1. The first-order valence-corrected chi connectivity index (χ1v) is 9.80. The van der Waals surface area contributed by atoms with E-state index in [0.717, 1.165) is 12.1 Å². The van der Waals surface area contributed by atoms with Crippen LogP contribution in [0.25, 0.3) is 10.6 Å². The SMILES string of the molecule is CC(OC(=O)c1csc(-c2cccc(Cl)c2)n1)C(=O)Nc1ccccc1C(F)(F)F. The van der Waals surface area contributed by atoms with E-state index in [1.807, 2.05) is 0 Å². The molecule has 0 saturated carbocycles. The van der Waals surface area contributed by atoms with Crippen LogP contribution in [0.1, 0.15) is 23.0 Å². The molecule has 1 N–H and O–H groups in total. The minimum atomic E-state index is -4.64. The van der Waals surface area contributed by atoms with Gasteiger partial charge in [0.05, 0.1) is 11.3 Å². The number of nitrogens with one attached hydrogen (secondary N) is 1. The number of para-hydroxylation sites is 1. The average molecular weight is 455 g/mol. The highest BCUT2D eigenvalue weighted by molar-refractivity contribution is 7.13. The van der Waals surface area contributed by atoms with Crippen molar-refractivity contribution in [1.82, 2.24) is 4.98 Å². The van der Waals surface area contributed by atoms with Gasteiger partial charge in [0.1, 0.15) is 5.01 Å². The average Bonchev–Trinajstić information content (AvgIpc) is 3.18. The molecule has 10 heteroatoms. The first-order chi connectivity index (χ1) is 14.1. The summed E-state index contributed by atoms with van der Waals surface area (Å²) >= 11 is 7.13. The molecule has 1 unspecified atom stereocenters. The zero-order valence-corrected chi connectivity index (χ0v) is 16.9. The number of amides is 1. The molecule has 3 rings (SSSR count). The fraction of sp³-hybridized carbons (Fsp3) is 0.150. The number of hydrogen-bond donors (Lipinski definition) is 1. The highest BCUT2D eigenvalue weighted by atomic mass is 35.5. The van der Waals surface area contributed by atoms with Crippen molar-refractivity contribution in [2.24, 2.45) is 0 Å². The van der Waals surface area contributed by atoms with Gasteiger partial charge in [-0.2, -0.15) is 13.2 Å². The van der Waals surface area contributed by atoms with Crippen LogP contribution in [-0.2, 0) is 15.7 Å². The van der Waals surface area contributed by atoms with E-state index in [1.165, 1.54) is 35.8 Å². The molecule has 3 aromatic rings. The van der Waals surface area contributed by atoms with E-state index < -0.39 is 35.4 Å². The summed E-state index contributed by atoms with van der Waals surface area (Å²) in [5, 5.41) is 4.64. The van der Waals surface area contributed by atoms with Crippen LogP contribution in [-0.4, -0.2) is 23.0 Å². The fourth-order valence-corrected chi connectivity index (χ4v) is 3.45. The lowest BCUT2D eigenvalue weighted by Crippen LogP contribution is -2.30. The van der Waals surface area contributed by atoms with Gasteiger partial charge in [-0.15, -0.1) is 11.3 Å². The normalized spacial score (nSPS) is 12.3. The molecule has 1 atom stereocenters. The molecule has 5 nitrogen and oxygen atoms in total. The van der Waals surface area contributed by atoms with E-state index in [-0.39, 0.29) is 5.69 Å². The van der Waals surface area contributed by atoms with Gasteiger partial charge in [0.2, 0.25) is 0 Å². The van der Waals surface area contributed by atoms with E-state index in [4.69, 9.17) is 16.3 Å². The topological polar surface area (TPSA) is 68.3 Å². The first-order valence-electron chi connectivity index (χ1n) is 8.54. The van der Waals surface area contributed by atoms with Gasteiger partial charge in [0.25, 0.3) is 5.91 Å². The van der Waals surface area contributed by atoms with Crippen molar-refractivity contribution in [3.05, 3.63) is 70.2 Å². The molecule has 0 fully saturated rings. The fourth-order valence-electron chi connectivity index (χ4n) is 2.47. The maximum atomic E-state index is 13.0. The molecule has 0 bridgehead atoms. The minimum absolute atomic E-state index is 0.0229. The number of alkyl halides is 3. The van der Waals surface area contributed by atoms with E-state index >= 15 is 0 Å². The molecule has 1 heterocycles. The molecule has 0 radical (unpaired) electrons. The third-order valence-corrected chi connectivity index (χ3v) is 5.05. The quantitative estimate of drug-likeness (QED) is 0.504. The number of rotatable bonds is 5. The number of carbonyl (C=O) groups excluding carboxylic acids is 2. The molecule has 0 saturated heterocycles. The van der Waals surface area contributed by atoms with Gasteiger partial charge in [-0.3, -0.25) is 4.79 Å². The number of benzene rings is 2. The summed E-state index contributed by atoms with van der Waals surface area (Å²) in [5.41, 5.74) is -0.733. The smallest absolute Gasteiger partial charge is 0.418 e. The molecule has 156 valence electrons. The van der Waals surface area contributed by atoms with Gasteiger partial charge in [-0.25, -0.2) is 9.78 Å². The Morgan fingerprint density at radius 3 is 2.60 bits per heavy atom. The number of ether oxygens (including phenoxy) is 1.